The predicted octanol–water partition coefficient (Wildman–Crippen LogP) is 3.07. The molecule has 0 amide bonds. The quantitative estimate of drug-likeness (QED) is 0.714. The molecule has 0 radical (unpaired) electrons. The predicted molar refractivity (Wildman–Crippen MR) is 119 cm³/mol. The lowest BCUT2D eigenvalue weighted by Crippen LogP contribution is -2.27. The number of aliphatic hydroxyl groups is 1. The van der Waals surface area contributed by atoms with Crippen molar-refractivity contribution in [3.8, 4) is 0 Å². The molecule has 0 bridgehead atoms. The van der Waals surface area contributed by atoms with Gasteiger partial charge in [0.15, 0.2) is 0 Å². The van der Waals surface area contributed by atoms with Crippen LogP contribution in [0.25, 0.3) is 11.0 Å². The van der Waals surface area contributed by atoms with E-state index in [1.807, 2.05) is 43.3 Å². The van der Waals surface area contributed by atoms with Crippen molar-refractivity contribution in [3.63, 3.8) is 0 Å². The fraction of sp³-hybridized carbons (Fsp3) is 0.231. The average molecular weight is 417 g/mol. The summed E-state index contributed by atoms with van der Waals surface area (Å²) in [4.78, 5) is 0.857. The maximum atomic E-state index is 13.5. The summed E-state index contributed by atoms with van der Waals surface area (Å²) in [6, 6.07) is 19.3. The van der Waals surface area contributed by atoms with Crippen LogP contribution in [0.1, 0.15) is 35.4 Å². The van der Waals surface area contributed by atoms with Gasteiger partial charge in [-0.15, -0.1) is 0 Å². The minimum atomic E-state index is -3.56. The van der Waals surface area contributed by atoms with E-state index < -0.39 is 9.84 Å². The molecule has 2 aliphatic carbocycles. The van der Waals surface area contributed by atoms with Crippen molar-refractivity contribution in [2.24, 2.45) is 0 Å². The van der Waals surface area contributed by atoms with Crippen molar-refractivity contribution in [2.45, 2.75) is 37.0 Å². The van der Waals surface area contributed by atoms with Crippen LogP contribution in [0.15, 0.2) is 65.6 Å². The van der Waals surface area contributed by atoms with Crippen LogP contribution < -0.4 is 10.4 Å². The molecule has 0 aromatic heterocycles. The number of rotatable bonds is 3. The van der Waals surface area contributed by atoms with Gasteiger partial charge in [0.25, 0.3) is 0 Å². The average Bonchev–Trinajstić information content (AvgIpc) is 2.77. The normalized spacial score (nSPS) is 17.5. The zero-order valence-electron chi connectivity index (χ0n) is 16.9. The lowest BCUT2D eigenvalue weighted by atomic mass is 9.83. The highest BCUT2D eigenvalue weighted by molar-refractivity contribution is 8.00. The molecule has 1 atom stereocenters. The highest BCUT2D eigenvalue weighted by Crippen LogP contribution is 2.31. The molecule has 5 rings (SSSR count). The van der Waals surface area contributed by atoms with E-state index in [0.717, 1.165) is 50.4 Å². The summed E-state index contributed by atoms with van der Waals surface area (Å²) < 4.78 is 27.0. The third-order valence-electron chi connectivity index (χ3n) is 6.34. The number of sulfone groups is 1. The zero-order valence-corrected chi connectivity index (χ0v) is 17.7. The van der Waals surface area contributed by atoms with E-state index in [2.05, 4.69) is 18.2 Å². The lowest BCUT2D eigenvalue weighted by Gasteiger charge is -2.24. The molecule has 0 spiro atoms. The summed E-state index contributed by atoms with van der Waals surface area (Å²) in [5.41, 5.74) is 3.20. The van der Waals surface area contributed by atoms with Gasteiger partial charge in [0.2, 0.25) is 9.84 Å². The summed E-state index contributed by atoms with van der Waals surface area (Å²) in [5.74, 6) is -0.119. The maximum absolute atomic E-state index is 13.5. The molecule has 1 N–H and O–H groups in total. The zero-order chi connectivity index (χ0) is 20.9. The van der Waals surface area contributed by atoms with Gasteiger partial charge in [0, 0.05) is 5.92 Å². The molecule has 3 aromatic rings. The van der Waals surface area contributed by atoms with Crippen molar-refractivity contribution in [1.29, 1.82) is 0 Å². The van der Waals surface area contributed by atoms with Gasteiger partial charge in [0.1, 0.15) is 0 Å². The fourth-order valence-corrected chi connectivity index (χ4v) is 6.56. The Bertz CT molecular complexity index is 1470. The van der Waals surface area contributed by atoms with E-state index in [4.69, 9.17) is 0 Å². The third-order valence-corrected chi connectivity index (χ3v) is 8.31. The van der Waals surface area contributed by atoms with Crippen LogP contribution in [0.4, 0.5) is 0 Å². The van der Waals surface area contributed by atoms with Gasteiger partial charge in [-0.2, -0.15) is 0 Å². The first-order valence-corrected chi connectivity index (χ1v) is 11.9. The van der Waals surface area contributed by atoms with Crippen molar-refractivity contribution >= 4 is 20.8 Å². The summed E-state index contributed by atoms with van der Waals surface area (Å²) >= 11 is 0. The van der Waals surface area contributed by atoms with Gasteiger partial charge in [-0.25, -0.2) is 8.42 Å². The van der Waals surface area contributed by atoms with E-state index in [1.54, 1.807) is 12.1 Å². The van der Waals surface area contributed by atoms with Crippen molar-refractivity contribution in [1.82, 2.24) is 0 Å². The molecule has 4 heteroatoms. The van der Waals surface area contributed by atoms with E-state index in [1.165, 1.54) is 0 Å². The van der Waals surface area contributed by atoms with E-state index in [9.17, 15) is 13.5 Å². The van der Waals surface area contributed by atoms with E-state index in [-0.39, 0.29) is 12.5 Å². The SMILES string of the molecule is Cc1ccc(S(=O)(=O)C2=c3ccc4c(c3CCC2)[C@@H](CO)C=c2ccccc2=4)cc1. The Kier molecular flexibility index (Phi) is 4.64. The molecular formula is C26H24O3S. The maximum Gasteiger partial charge on any atom is 0.203 e. The number of benzene rings is 3. The van der Waals surface area contributed by atoms with Gasteiger partial charge >= 0.3 is 0 Å². The third kappa shape index (κ3) is 2.94. The topological polar surface area (TPSA) is 54.4 Å². The Morgan fingerprint density at radius 3 is 2.40 bits per heavy atom. The minimum Gasteiger partial charge on any atom is -0.395 e. The number of aliphatic hydroxyl groups excluding tert-OH is 1. The van der Waals surface area contributed by atoms with Crippen LogP contribution in [-0.4, -0.2) is 20.1 Å². The van der Waals surface area contributed by atoms with Crippen LogP contribution in [0, 0.1) is 17.4 Å². The van der Waals surface area contributed by atoms with Gasteiger partial charge in [0.05, 0.1) is 16.4 Å². The van der Waals surface area contributed by atoms with Crippen molar-refractivity contribution in [2.75, 3.05) is 6.61 Å². The highest BCUT2D eigenvalue weighted by atomic mass is 32.2. The molecule has 0 unspecified atom stereocenters. The molecule has 0 fully saturated rings. The highest BCUT2D eigenvalue weighted by Gasteiger charge is 2.27. The molecule has 152 valence electrons. The molecule has 3 aromatic carbocycles. The molecule has 0 saturated heterocycles. The van der Waals surface area contributed by atoms with Crippen LogP contribution in [0.5, 0.6) is 0 Å². The molecule has 2 aliphatic rings. The Balaban J connectivity index is 1.86. The molecule has 0 aliphatic heterocycles. The van der Waals surface area contributed by atoms with Gasteiger partial charge in [-0.05, 0) is 70.3 Å². The second-order valence-electron chi connectivity index (χ2n) is 8.19. The van der Waals surface area contributed by atoms with Crippen LogP contribution in [0.3, 0.4) is 0 Å². The Hall–Kier alpha value is -2.69. The van der Waals surface area contributed by atoms with E-state index >= 15 is 0 Å². The summed E-state index contributed by atoms with van der Waals surface area (Å²) in [6.07, 6.45) is 4.29. The first-order valence-electron chi connectivity index (χ1n) is 10.4. The van der Waals surface area contributed by atoms with E-state index in [0.29, 0.717) is 16.2 Å². The number of aryl methyl sites for hydroxylation is 1. The number of hydrogen-bond acceptors (Lipinski definition) is 3. The Labute approximate surface area is 176 Å². The lowest BCUT2D eigenvalue weighted by molar-refractivity contribution is 0.287. The molecule has 0 saturated carbocycles. The minimum absolute atomic E-state index is 0.0117. The second-order valence-corrected chi connectivity index (χ2v) is 10.2. The van der Waals surface area contributed by atoms with Crippen molar-refractivity contribution in [3.05, 3.63) is 98.2 Å². The Morgan fingerprint density at radius 2 is 1.63 bits per heavy atom. The smallest absolute Gasteiger partial charge is 0.203 e. The first kappa shape index (κ1) is 19.3. The standard InChI is InChI=1S/C26H24O3S/c1-17-9-11-20(12-10-17)30(28,29)25-8-4-7-23-22(25)13-14-24-21-6-3-2-5-18(21)15-19(16-27)26(23)24/h2-3,5-6,9-15,19,27H,4,7-8,16H2,1H3/t19-/m1/s1. The van der Waals surface area contributed by atoms with Crippen LogP contribution in [-0.2, 0) is 16.3 Å². The largest absolute Gasteiger partial charge is 0.395 e. The van der Waals surface area contributed by atoms with Crippen molar-refractivity contribution < 1.29 is 13.5 Å². The monoisotopic (exact) mass is 416 g/mol. The molecule has 3 nitrogen and oxygen atoms in total. The summed E-state index contributed by atoms with van der Waals surface area (Å²) in [7, 11) is -3.56. The number of hydrogen-bond donors (Lipinski definition) is 1. The first-order chi connectivity index (χ1) is 14.5. The second kappa shape index (κ2) is 7.22. The number of fused-ring (bicyclic) bond motifs is 4. The molecular weight excluding hydrogens is 392 g/mol. The van der Waals surface area contributed by atoms with Gasteiger partial charge in [-0.1, -0.05) is 60.2 Å². The summed E-state index contributed by atoms with van der Waals surface area (Å²) in [5, 5.41) is 14.3. The van der Waals surface area contributed by atoms with Crippen LogP contribution >= 0.6 is 0 Å². The summed E-state index contributed by atoms with van der Waals surface area (Å²) in [6.45, 7) is 1.97. The molecule has 0 heterocycles. The van der Waals surface area contributed by atoms with Gasteiger partial charge < -0.3 is 5.11 Å². The Morgan fingerprint density at radius 1 is 0.900 bits per heavy atom. The molecule has 30 heavy (non-hydrogen) atoms. The fourth-order valence-electron chi connectivity index (χ4n) is 4.88. The van der Waals surface area contributed by atoms with Gasteiger partial charge in [-0.3, -0.25) is 0 Å². The van der Waals surface area contributed by atoms with Crippen LogP contribution in [0.2, 0.25) is 0 Å².